The standard InChI is InChI=1S/C27H39N5O/c1-5-30(6-2)27(33)24-18-28-26(29-21(24)4)25-11-7-8-16-32(25)19-22-12-13-23(17-20(22)3)31-14-9-10-15-31/h12-13,17-18,25H,5-11,14-16,19H2,1-4H3/t25-/m0/s1. The van der Waals surface area contributed by atoms with Crippen LogP contribution in [-0.2, 0) is 6.54 Å². The lowest BCUT2D eigenvalue weighted by atomic mass is 9.98. The van der Waals surface area contributed by atoms with Crippen LogP contribution in [0.4, 0.5) is 5.69 Å². The number of hydrogen-bond acceptors (Lipinski definition) is 5. The first-order valence-electron chi connectivity index (χ1n) is 12.7. The van der Waals surface area contributed by atoms with Crippen LogP contribution < -0.4 is 4.90 Å². The fraction of sp³-hybridized carbons (Fsp3) is 0.593. The van der Waals surface area contributed by atoms with E-state index in [0.29, 0.717) is 18.7 Å². The third-order valence-corrected chi connectivity index (χ3v) is 7.36. The van der Waals surface area contributed by atoms with Crippen molar-refractivity contribution in [3.8, 4) is 0 Å². The molecule has 0 saturated carbocycles. The molecule has 1 atom stereocenters. The SMILES string of the molecule is CCN(CC)C(=O)c1cnc([C@@H]2CCCCN2Cc2ccc(N3CCCC3)cc2C)nc1C. The van der Waals surface area contributed by atoms with E-state index >= 15 is 0 Å². The first kappa shape index (κ1) is 23.7. The van der Waals surface area contributed by atoms with Gasteiger partial charge in [0.05, 0.1) is 17.3 Å². The highest BCUT2D eigenvalue weighted by Gasteiger charge is 2.28. The number of carbonyl (C=O) groups excluding carboxylic acids is 1. The molecule has 6 nitrogen and oxygen atoms in total. The summed E-state index contributed by atoms with van der Waals surface area (Å²) in [6.45, 7) is 13.9. The van der Waals surface area contributed by atoms with Crippen LogP contribution in [0.2, 0.25) is 0 Å². The lowest BCUT2D eigenvalue weighted by molar-refractivity contribution is 0.0770. The van der Waals surface area contributed by atoms with Gasteiger partial charge in [-0.05, 0) is 83.2 Å². The molecule has 2 saturated heterocycles. The van der Waals surface area contributed by atoms with Gasteiger partial charge in [-0.1, -0.05) is 12.5 Å². The van der Waals surface area contributed by atoms with Crippen molar-refractivity contribution in [2.24, 2.45) is 0 Å². The molecule has 2 aliphatic heterocycles. The van der Waals surface area contributed by atoms with E-state index in [2.05, 4.69) is 34.9 Å². The average Bonchev–Trinajstić information content (AvgIpc) is 3.36. The second kappa shape index (κ2) is 10.6. The van der Waals surface area contributed by atoms with Crippen molar-refractivity contribution in [3.05, 3.63) is 52.6 Å². The Balaban J connectivity index is 1.52. The summed E-state index contributed by atoms with van der Waals surface area (Å²) >= 11 is 0. The molecule has 178 valence electrons. The van der Waals surface area contributed by atoms with Gasteiger partial charge in [-0.25, -0.2) is 9.97 Å². The zero-order chi connectivity index (χ0) is 23.4. The van der Waals surface area contributed by atoms with Crippen molar-refractivity contribution in [2.75, 3.05) is 37.6 Å². The molecule has 2 aliphatic rings. The van der Waals surface area contributed by atoms with E-state index in [1.54, 1.807) is 6.20 Å². The van der Waals surface area contributed by atoms with Gasteiger partial charge < -0.3 is 9.80 Å². The molecule has 0 bridgehead atoms. The van der Waals surface area contributed by atoms with Gasteiger partial charge in [-0.3, -0.25) is 9.69 Å². The number of piperidine rings is 1. The number of aromatic nitrogens is 2. The normalized spacial score (nSPS) is 19.2. The molecular weight excluding hydrogens is 410 g/mol. The summed E-state index contributed by atoms with van der Waals surface area (Å²) in [5.41, 5.74) is 5.51. The van der Waals surface area contributed by atoms with E-state index < -0.39 is 0 Å². The molecule has 1 aromatic heterocycles. The Bertz CT molecular complexity index is 965. The van der Waals surface area contributed by atoms with Gasteiger partial charge >= 0.3 is 0 Å². The molecule has 2 fully saturated rings. The highest BCUT2D eigenvalue weighted by molar-refractivity contribution is 5.94. The molecule has 3 heterocycles. The maximum Gasteiger partial charge on any atom is 0.257 e. The maximum atomic E-state index is 12.8. The summed E-state index contributed by atoms with van der Waals surface area (Å²) in [4.78, 5) is 29.2. The second-order valence-corrected chi connectivity index (χ2v) is 9.49. The fourth-order valence-electron chi connectivity index (χ4n) is 5.26. The Hall–Kier alpha value is -2.47. The molecule has 4 rings (SSSR count). The minimum absolute atomic E-state index is 0.0262. The molecule has 2 aromatic rings. The van der Waals surface area contributed by atoms with Crippen molar-refractivity contribution in [2.45, 2.75) is 72.4 Å². The van der Waals surface area contributed by atoms with Crippen LogP contribution >= 0.6 is 0 Å². The van der Waals surface area contributed by atoms with Crippen molar-refractivity contribution in [1.82, 2.24) is 19.8 Å². The molecule has 33 heavy (non-hydrogen) atoms. The molecule has 0 N–H and O–H groups in total. The molecular formula is C27H39N5O. The monoisotopic (exact) mass is 449 g/mol. The van der Waals surface area contributed by atoms with E-state index in [0.717, 1.165) is 31.0 Å². The second-order valence-electron chi connectivity index (χ2n) is 9.49. The van der Waals surface area contributed by atoms with Crippen molar-refractivity contribution in [1.29, 1.82) is 0 Å². The Kier molecular flexibility index (Phi) is 7.63. The van der Waals surface area contributed by atoms with Crippen molar-refractivity contribution < 1.29 is 4.79 Å². The largest absolute Gasteiger partial charge is 0.372 e. The Labute approximate surface area is 199 Å². The number of amides is 1. The van der Waals surface area contributed by atoms with E-state index in [-0.39, 0.29) is 11.9 Å². The lowest BCUT2D eigenvalue weighted by Gasteiger charge is -2.35. The van der Waals surface area contributed by atoms with E-state index in [4.69, 9.17) is 9.97 Å². The van der Waals surface area contributed by atoms with E-state index in [1.807, 2.05) is 25.7 Å². The van der Waals surface area contributed by atoms with Gasteiger partial charge in [0, 0.05) is 44.6 Å². The highest BCUT2D eigenvalue weighted by atomic mass is 16.2. The topological polar surface area (TPSA) is 52.6 Å². The number of benzene rings is 1. The molecule has 1 amide bonds. The summed E-state index contributed by atoms with van der Waals surface area (Å²) in [5.74, 6) is 0.882. The number of hydrogen-bond donors (Lipinski definition) is 0. The Morgan fingerprint density at radius 1 is 1.06 bits per heavy atom. The third-order valence-electron chi connectivity index (χ3n) is 7.36. The van der Waals surface area contributed by atoms with Gasteiger partial charge in [-0.15, -0.1) is 0 Å². The van der Waals surface area contributed by atoms with Crippen LogP contribution in [0, 0.1) is 13.8 Å². The summed E-state index contributed by atoms with van der Waals surface area (Å²) in [6, 6.07) is 7.16. The Morgan fingerprint density at radius 2 is 1.79 bits per heavy atom. The lowest BCUT2D eigenvalue weighted by Crippen LogP contribution is -2.35. The number of aryl methyl sites for hydroxylation is 2. The zero-order valence-electron chi connectivity index (χ0n) is 20.8. The summed E-state index contributed by atoms with van der Waals surface area (Å²) < 4.78 is 0. The van der Waals surface area contributed by atoms with Crippen molar-refractivity contribution >= 4 is 11.6 Å². The molecule has 1 aromatic carbocycles. The molecule has 0 radical (unpaired) electrons. The maximum absolute atomic E-state index is 12.8. The van der Waals surface area contributed by atoms with Crippen molar-refractivity contribution in [3.63, 3.8) is 0 Å². The van der Waals surface area contributed by atoms with Gasteiger partial charge in [0.2, 0.25) is 0 Å². The smallest absolute Gasteiger partial charge is 0.257 e. The first-order valence-corrected chi connectivity index (χ1v) is 12.7. The third kappa shape index (κ3) is 5.21. The first-order chi connectivity index (χ1) is 16.0. The van der Waals surface area contributed by atoms with Crippen LogP contribution in [0.25, 0.3) is 0 Å². The van der Waals surface area contributed by atoms with Crippen LogP contribution in [-0.4, -0.2) is 58.4 Å². The van der Waals surface area contributed by atoms with E-state index in [1.165, 1.54) is 55.6 Å². The van der Waals surface area contributed by atoms with Crippen LogP contribution in [0.15, 0.2) is 24.4 Å². The van der Waals surface area contributed by atoms with Crippen LogP contribution in [0.3, 0.4) is 0 Å². The number of likely N-dealkylation sites (tertiary alicyclic amines) is 1. The fourth-order valence-corrected chi connectivity index (χ4v) is 5.26. The number of rotatable bonds is 7. The van der Waals surface area contributed by atoms with Crippen LogP contribution in [0.5, 0.6) is 0 Å². The predicted molar refractivity (Wildman–Crippen MR) is 134 cm³/mol. The minimum atomic E-state index is 0.0262. The molecule has 0 aliphatic carbocycles. The van der Waals surface area contributed by atoms with E-state index in [9.17, 15) is 4.79 Å². The van der Waals surface area contributed by atoms with Gasteiger partial charge in [0.15, 0.2) is 0 Å². The predicted octanol–water partition coefficient (Wildman–Crippen LogP) is 4.90. The zero-order valence-corrected chi connectivity index (χ0v) is 20.8. The van der Waals surface area contributed by atoms with Gasteiger partial charge in [0.25, 0.3) is 5.91 Å². The van der Waals surface area contributed by atoms with Gasteiger partial charge in [0.1, 0.15) is 5.82 Å². The number of nitrogens with zero attached hydrogens (tertiary/aromatic N) is 5. The quantitative estimate of drug-likeness (QED) is 0.602. The van der Waals surface area contributed by atoms with Crippen LogP contribution in [0.1, 0.15) is 85.0 Å². The summed E-state index contributed by atoms with van der Waals surface area (Å²) in [7, 11) is 0. The highest BCUT2D eigenvalue weighted by Crippen LogP contribution is 2.32. The summed E-state index contributed by atoms with van der Waals surface area (Å²) in [6.07, 6.45) is 7.81. The average molecular weight is 450 g/mol. The minimum Gasteiger partial charge on any atom is -0.372 e. The summed E-state index contributed by atoms with van der Waals surface area (Å²) in [5, 5.41) is 0. The number of anilines is 1. The molecule has 0 spiro atoms. The number of carbonyl (C=O) groups is 1. The van der Waals surface area contributed by atoms with Gasteiger partial charge in [-0.2, -0.15) is 0 Å². The Morgan fingerprint density at radius 3 is 2.45 bits per heavy atom. The molecule has 6 heteroatoms. The molecule has 0 unspecified atom stereocenters.